The Morgan fingerprint density at radius 3 is 2.46 bits per heavy atom. The third kappa shape index (κ3) is 4.39. The Morgan fingerprint density at radius 2 is 1.82 bits per heavy atom. The first-order valence-corrected chi connectivity index (χ1v) is 10.3. The van der Waals surface area contributed by atoms with Gasteiger partial charge in [-0.05, 0) is 58.0 Å². The quantitative estimate of drug-likeness (QED) is 0.467. The van der Waals surface area contributed by atoms with Gasteiger partial charge in [0.15, 0.2) is 5.16 Å². The smallest absolute Gasteiger partial charge is 0.262 e. The SMILES string of the molecule is Cc1ccc(NC(=O)[C@H](C)Sc2nc3cc(Cl)ccc3c(=O)n2C(C)C)cc1. The van der Waals surface area contributed by atoms with Crippen LogP contribution in [0.5, 0.6) is 0 Å². The van der Waals surface area contributed by atoms with Gasteiger partial charge in [0, 0.05) is 16.8 Å². The number of fused-ring (bicyclic) bond motifs is 1. The third-order valence-corrected chi connectivity index (χ3v) is 5.62. The van der Waals surface area contributed by atoms with Gasteiger partial charge in [-0.3, -0.25) is 14.2 Å². The lowest BCUT2D eigenvalue weighted by Crippen LogP contribution is -2.28. The molecule has 28 heavy (non-hydrogen) atoms. The number of halogens is 1. The molecule has 0 bridgehead atoms. The number of hydrogen-bond donors (Lipinski definition) is 1. The molecular formula is C21H22ClN3O2S. The largest absolute Gasteiger partial charge is 0.325 e. The van der Waals surface area contributed by atoms with Gasteiger partial charge in [0.05, 0.1) is 16.2 Å². The molecule has 1 heterocycles. The van der Waals surface area contributed by atoms with Crippen molar-refractivity contribution in [2.75, 3.05) is 5.32 Å². The highest BCUT2D eigenvalue weighted by Crippen LogP contribution is 2.26. The number of hydrogen-bond acceptors (Lipinski definition) is 4. The molecule has 7 heteroatoms. The molecule has 0 spiro atoms. The van der Waals surface area contributed by atoms with Gasteiger partial charge in [0.1, 0.15) is 0 Å². The van der Waals surface area contributed by atoms with Crippen molar-refractivity contribution in [3.8, 4) is 0 Å². The van der Waals surface area contributed by atoms with E-state index in [1.165, 1.54) is 11.8 Å². The Kier molecular flexibility index (Phi) is 6.10. The molecule has 5 nitrogen and oxygen atoms in total. The van der Waals surface area contributed by atoms with Crippen LogP contribution in [-0.4, -0.2) is 20.7 Å². The Hall–Kier alpha value is -2.31. The van der Waals surface area contributed by atoms with Crippen molar-refractivity contribution in [1.29, 1.82) is 0 Å². The van der Waals surface area contributed by atoms with Crippen molar-refractivity contribution in [3.05, 3.63) is 63.4 Å². The highest BCUT2D eigenvalue weighted by molar-refractivity contribution is 8.00. The minimum Gasteiger partial charge on any atom is -0.325 e. The van der Waals surface area contributed by atoms with E-state index in [-0.39, 0.29) is 17.5 Å². The number of nitrogens with one attached hydrogen (secondary N) is 1. The fraction of sp³-hybridized carbons (Fsp3) is 0.286. The molecule has 0 aliphatic carbocycles. The van der Waals surface area contributed by atoms with Crippen molar-refractivity contribution < 1.29 is 4.79 Å². The molecule has 3 rings (SSSR count). The zero-order chi connectivity index (χ0) is 20.4. The van der Waals surface area contributed by atoms with E-state index >= 15 is 0 Å². The van der Waals surface area contributed by atoms with E-state index in [2.05, 4.69) is 10.3 Å². The number of amides is 1. The maximum Gasteiger partial charge on any atom is 0.262 e. The molecule has 0 fully saturated rings. The third-order valence-electron chi connectivity index (χ3n) is 4.32. The van der Waals surface area contributed by atoms with Crippen molar-refractivity contribution >= 4 is 45.9 Å². The van der Waals surface area contributed by atoms with Crippen LogP contribution in [-0.2, 0) is 4.79 Å². The van der Waals surface area contributed by atoms with Crippen LogP contribution < -0.4 is 10.9 Å². The number of aromatic nitrogens is 2. The molecule has 3 aromatic rings. The molecule has 1 aromatic heterocycles. The summed E-state index contributed by atoms with van der Waals surface area (Å²) in [5.41, 5.74) is 2.26. The summed E-state index contributed by atoms with van der Waals surface area (Å²) in [4.78, 5) is 30.2. The molecule has 1 atom stereocenters. The minimum absolute atomic E-state index is 0.0880. The average Bonchev–Trinajstić information content (AvgIpc) is 2.63. The lowest BCUT2D eigenvalue weighted by Gasteiger charge is -2.18. The molecule has 1 amide bonds. The normalized spacial score (nSPS) is 12.4. The summed E-state index contributed by atoms with van der Waals surface area (Å²) < 4.78 is 1.62. The molecule has 0 radical (unpaired) electrons. The van der Waals surface area contributed by atoms with Gasteiger partial charge in [-0.1, -0.05) is 41.1 Å². The first-order chi connectivity index (χ1) is 13.3. The van der Waals surface area contributed by atoms with Crippen molar-refractivity contribution in [1.82, 2.24) is 9.55 Å². The van der Waals surface area contributed by atoms with Crippen LogP contribution >= 0.6 is 23.4 Å². The highest BCUT2D eigenvalue weighted by atomic mass is 35.5. The number of nitrogens with zero attached hydrogens (tertiary/aromatic N) is 2. The summed E-state index contributed by atoms with van der Waals surface area (Å²) in [5.74, 6) is -0.149. The number of anilines is 1. The minimum atomic E-state index is -0.435. The van der Waals surface area contributed by atoms with Crippen molar-refractivity contribution in [3.63, 3.8) is 0 Å². The zero-order valence-corrected chi connectivity index (χ0v) is 17.8. The lowest BCUT2D eigenvalue weighted by atomic mass is 10.2. The van der Waals surface area contributed by atoms with Crippen LogP contribution in [0.2, 0.25) is 5.02 Å². The molecule has 0 unspecified atom stereocenters. The van der Waals surface area contributed by atoms with E-state index in [0.717, 1.165) is 11.3 Å². The van der Waals surface area contributed by atoms with E-state index in [4.69, 9.17) is 11.6 Å². The Morgan fingerprint density at radius 1 is 1.14 bits per heavy atom. The molecular weight excluding hydrogens is 394 g/mol. The summed E-state index contributed by atoms with van der Waals surface area (Å²) >= 11 is 7.32. The number of thioether (sulfide) groups is 1. The molecule has 0 aliphatic heterocycles. The van der Waals surface area contributed by atoms with Crippen molar-refractivity contribution in [2.24, 2.45) is 0 Å². The van der Waals surface area contributed by atoms with Gasteiger partial charge in [-0.25, -0.2) is 4.98 Å². The van der Waals surface area contributed by atoms with E-state index in [1.807, 2.05) is 45.0 Å². The number of benzene rings is 2. The number of carbonyl (C=O) groups excluding carboxylic acids is 1. The molecule has 0 saturated heterocycles. The molecule has 1 N–H and O–H groups in total. The number of carbonyl (C=O) groups is 1. The average molecular weight is 416 g/mol. The first kappa shape index (κ1) is 20.4. The fourth-order valence-electron chi connectivity index (χ4n) is 2.78. The predicted molar refractivity (Wildman–Crippen MR) is 117 cm³/mol. The summed E-state index contributed by atoms with van der Waals surface area (Å²) in [5, 5.41) is 4.00. The standard InChI is InChI=1S/C21H22ClN3O2S/c1-12(2)25-20(27)17-10-7-15(22)11-18(17)24-21(25)28-14(4)19(26)23-16-8-5-13(3)6-9-16/h5-12,14H,1-4H3,(H,23,26)/t14-/m0/s1. The predicted octanol–water partition coefficient (Wildman–Crippen LogP) is 5.06. The van der Waals surface area contributed by atoms with Crippen molar-refractivity contribution in [2.45, 2.75) is 44.1 Å². The van der Waals surface area contributed by atoms with Crippen LogP contribution in [0, 0.1) is 6.92 Å². The Balaban J connectivity index is 1.91. The van der Waals surface area contributed by atoms with E-state index in [1.54, 1.807) is 29.7 Å². The second kappa shape index (κ2) is 8.37. The van der Waals surface area contributed by atoms with Gasteiger partial charge in [-0.2, -0.15) is 0 Å². The second-order valence-electron chi connectivity index (χ2n) is 6.94. The van der Waals surface area contributed by atoms with E-state index in [0.29, 0.717) is 21.1 Å². The number of rotatable bonds is 5. The van der Waals surface area contributed by atoms with Crippen LogP contribution in [0.15, 0.2) is 52.4 Å². The van der Waals surface area contributed by atoms with Gasteiger partial charge in [-0.15, -0.1) is 0 Å². The fourth-order valence-corrected chi connectivity index (χ4v) is 3.99. The van der Waals surface area contributed by atoms with Crippen LogP contribution in [0.25, 0.3) is 10.9 Å². The van der Waals surface area contributed by atoms with Gasteiger partial charge in [0.25, 0.3) is 5.56 Å². The number of aryl methyl sites for hydroxylation is 1. The summed E-state index contributed by atoms with van der Waals surface area (Å²) in [6.07, 6.45) is 0. The molecule has 0 saturated carbocycles. The maximum absolute atomic E-state index is 12.9. The van der Waals surface area contributed by atoms with Gasteiger partial charge in [0.2, 0.25) is 5.91 Å². The first-order valence-electron chi connectivity index (χ1n) is 9.02. The van der Waals surface area contributed by atoms with E-state index < -0.39 is 5.25 Å². The summed E-state index contributed by atoms with van der Waals surface area (Å²) in [6.45, 7) is 7.64. The van der Waals surface area contributed by atoms with Crippen LogP contribution in [0.4, 0.5) is 5.69 Å². The molecule has 0 aliphatic rings. The lowest BCUT2D eigenvalue weighted by molar-refractivity contribution is -0.115. The Bertz CT molecular complexity index is 1080. The second-order valence-corrected chi connectivity index (χ2v) is 8.68. The van der Waals surface area contributed by atoms with Gasteiger partial charge < -0.3 is 5.32 Å². The van der Waals surface area contributed by atoms with Gasteiger partial charge >= 0.3 is 0 Å². The summed E-state index contributed by atoms with van der Waals surface area (Å²) in [7, 11) is 0. The zero-order valence-electron chi connectivity index (χ0n) is 16.2. The molecule has 146 valence electrons. The van der Waals surface area contributed by atoms with Crippen LogP contribution in [0.1, 0.15) is 32.4 Å². The Labute approximate surface area is 173 Å². The monoisotopic (exact) mass is 415 g/mol. The summed E-state index contributed by atoms with van der Waals surface area (Å²) in [6, 6.07) is 12.6. The topological polar surface area (TPSA) is 64.0 Å². The van der Waals surface area contributed by atoms with E-state index in [9.17, 15) is 9.59 Å². The molecule has 2 aromatic carbocycles. The maximum atomic E-state index is 12.9. The van der Waals surface area contributed by atoms with Crippen LogP contribution in [0.3, 0.4) is 0 Å². The highest BCUT2D eigenvalue weighted by Gasteiger charge is 2.21.